The third-order valence-electron chi connectivity index (χ3n) is 1.20. The minimum absolute atomic E-state index is 0.228. The largest absolute Gasteiger partial charge is 0.488 e. The van der Waals surface area contributed by atoms with E-state index in [1.807, 2.05) is 0 Å². The van der Waals surface area contributed by atoms with Crippen molar-refractivity contribution >= 4 is 11.6 Å². The number of aliphatic hydroxyl groups is 1. The summed E-state index contributed by atoms with van der Waals surface area (Å²) in [5.41, 5.74) is 0. The fraction of sp³-hybridized carbons (Fsp3) is 0.375. The summed E-state index contributed by atoms with van der Waals surface area (Å²) in [7, 11) is 0. The van der Waals surface area contributed by atoms with E-state index < -0.39 is 6.10 Å². The first-order chi connectivity index (χ1) is 5.70. The van der Waals surface area contributed by atoms with Crippen molar-refractivity contribution in [2.45, 2.75) is 13.0 Å². The fourth-order valence-electron chi connectivity index (χ4n) is 0.689. The summed E-state index contributed by atoms with van der Waals surface area (Å²) >= 11 is 5.69. The molecule has 0 fully saturated rings. The quantitative estimate of drug-likeness (QED) is 0.730. The van der Waals surface area contributed by atoms with Crippen LogP contribution in [0.3, 0.4) is 0 Å². The number of rotatable bonds is 3. The van der Waals surface area contributed by atoms with Crippen LogP contribution in [0.1, 0.15) is 6.92 Å². The molecule has 0 aliphatic heterocycles. The highest BCUT2D eigenvalue weighted by atomic mass is 35.5. The molecule has 0 spiro atoms. The molecule has 66 valence electrons. The van der Waals surface area contributed by atoms with Crippen LogP contribution in [0.25, 0.3) is 0 Å². The van der Waals surface area contributed by atoms with Crippen LogP contribution in [-0.4, -0.2) is 22.8 Å². The second-order valence-corrected chi connectivity index (χ2v) is 2.81. The molecule has 1 heterocycles. The van der Waals surface area contributed by atoms with Crippen LogP contribution in [0.2, 0.25) is 5.15 Å². The SMILES string of the molecule is CC(O)COc1cccnc1Cl. The van der Waals surface area contributed by atoms with Crippen LogP contribution in [0.15, 0.2) is 18.3 Å². The minimum Gasteiger partial charge on any atom is -0.488 e. The number of ether oxygens (including phenoxy) is 1. The van der Waals surface area contributed by atoms with E-state index in [1.165, 1.54) is 0 Å². The van der Waals surface area contributed by atoms with Gasteiger partial charge in [-0.2, -0.15) is 0 Å². The summed E-state index contributed by atoms with van der Waals surface area (Å²) < 4.78 is 5.15. The lowest BCUT2D eigenvalue weighted by atomic mass is 10.4. The highest BCUT2D eigenvalue weighted by Gasteiger charge is 2.02. The molecule has 0 aliphatic carbocycles. The van der Waals surface area contributed by atoms with Gasteiger partial charge in [0.25, 0.3) is 0 Å². The lowest BCUT2D eigenvalue weighted by molar-refractivity contribution is 0.122. The Labute approximate surface area is 76.0 Å². The summed E-state index contributed by atoms with van der Waals surface area (Å²) in [5.74, 6) is 0.500. The molecular weight excluding hydrogens is 178 g/mol. The topological polar surface area (TPSA) is 42.4 Å². The second-order valence-electron chi connectivity index (χ2n) is 2.45. The lowest BCUT2D eigenvalue weighted by Gasteiger charge is -2.07. The molecule has 1 N–H and O–H groups in total. The summed E-state index contributed by atoms with van der Waals surface area (Å²) in [6, 6.07) is 3.43. The van der Waals surface area contributed by atoms with Gasteiger partial charge in [-0.05, 0) is 19.1 Å². The summed E-state index contributed by atoms with van der Waals surface area (Å²) in [6.07, 6.45) is 1.08. The van der Waals surface area contributed by atoms with Gasteiger partial charge in [0.05, 0.1) is 6.10 Å². The van der Waals surface area contributed by atoms with Crippen molar-refractivity contribution in [2.75, 3.05) is 6.61 Å². The molecule has 0 radical (unpaired) electrons. The number of halogens is 1. The molecule has 12 heavy (non-hydrogen) atoms. The average Bonchev–Trinajstić information content (AvgIpc) is 2.03. The van der Waals surface area contributed by atoms with Crippen molar-refractivity contribution in [3.63, 3.8) is 0 Å². The van der Waals surface area contributed by atoms with Crippen LogP contribution in [0.4, 0.5) is 0 Å². The molecule has 0 aliphatic rings. The Morgan fingerprint density at radius 2 is 2.50 bits per heavy atom. The third kappa shape index (κ3) is 2.68. The van der Waals surface area contributed by atoms with Crippen LogP contribution >= 0.6 is 11.6 Å². The molecule has 0 saturated carbocycles. The third-order valence-corrected chi connectivity index (χ3v) is 1.49. The Balaban J connectivity index is 2.57. The van der Waals surface area contributed by atoms with Gasteiger partial charge in [-0.15, -0.1) is 0 Å². The van der Waals surface area contributed by atoms with Gasteiger partial charge in [0.15, 0.2) is 10.9 Å². The van der Waals surface area contributed by atoms with Crippen molar-refractivity contribution in [1.82, 2.24) is 4.98 Å². The van der Waals surface area contributed by atoms with Gasteiger partial charge >= 0.3 is 0 Å². The van der Waals surface area contributed by atoms with Gasteiger partial charge in [-0.1, -0.05) is 11.6 Å². The zero-order chi connectivity index (χ0) is 8.97. The molecular formula is C8H10ClNO2. The summed E-state index contributed by atoms with van der Waals surface area (Å²) in [6.45, 7) is 1.87. The Bertz CT molecular complexity index is 253. The van der Waals surface area contributed by atoms with Crippen LogP contribution in [-0.2, 0) is 0 Å². The van der Waals surface area contributed by atoms with Gasteiger partial charge in [0.1, 0.15) is 6.61 Å². The van der Waals surface area contributed by atoms with E-state index in [1.54, 1.807) is 25.3 Å². The predicted molar refractivity (Wildman–Crippen MR) is 46.4 cm³/mol. The van der Waals surface area contributed by atoms with E-state index in [0.29, 0.717) is 10.9 Å². The molecule has 0 bridgehead atoms. The normalized spacial score (nSPS) is 12.6. The number of aliphatic hydroxyl groups excluding tert-OH is 1. The number of pyridine rings is 1. The number of aromatic nitrogens is 1. The molecule has 0 amide bonds. The molecule has 3 nitrogen and oxygen atoms in total. The molecule has 4 heteroatoms. The maximum atomic E-state index is 8.92. The van der Waals surface area contributed by atoms with E-state index in [4.69, 9.17) is 21.4 Å². The molecule has 1 rings (SSSR count). The number of nitrogens with zero attached hydrogens (tertiary/aromatic N) is 1. The minimum atomic E-state index is -0.499. The molecule has 1 aromatic rings. The van der Waals surface area contributed by atoms with Crippen molar-refractivity contribution < 1.29 is 9.84 Å². The Hall–Kier alpha value is -0.800. The van der Waals surface area contributed by atoms with Crippen LogP contribution < -0.4 is 4.74 Å². The highest BCUT2D eigenvalue weighted by Crippen LogP contribution is 2.20. The number of hydrogen-bond donors (Lipinski definition) is 1. The first-order valence-electron chi connectivity index (χ1n) is 3.61. The van der Waals surface area contributed by atoms with E-state index >= 15 is 0 Å². The smallest absolute Gasteiger partial charge is 0.171 e. The first-order valence-corrected chi connectivity index (χ1v) is 3.99. The Kier molecular flexibility index (Phi) is 3.31. The highest BCUT2D eigenvalue weighted by molar-refractivity contribution is 6.30. The van der Waals surface area contributed by atoms with Crippen LogP contribution in [0.5, 0.6) is 5.75 Å². The molecule has 1 unspecified atom stereocenters. The molecule has 1 aromatic heterocycles. The van der Waals surface area contributed by atoms with E-state index in [0.717, 1.165) is 0 Å². The van der Waals surface area contributed by atoms with E-state index in [-0.39, 0.29) is 6.61 Å². The van der Waals surface area contributed by atoms with Gasteiger partial charge in [-0.3, -0.25) is 0 Å². The Morgan fingerprint density at radius 3 is 3.08 bits per heavy atom. The molecule has 0 saturated heterocycles. The average molecular weight is 188 g/mol. The van der Waals surface area contributed by atoms with Crippen molar-refractivity contribution in [1.29, 1.82) is 0 Å². The maximum absolute atomic E-state index is 8.92. The molecule has 0 aromatic carbocycles. The Morgan fingerprint density at radius 1 is 1.75 bits per heavy atom. The van der Waals surface area contributed by atoms with E-state index in [2.05, 4.69) is 4.98 Å². The van der Waals surface area contributed by atoms with Gasteiger partial charge in [0.2, 0.25) is 0 Å². The first kappa shape index (κ1) is 9.29. The summed E-state index contributed by atoms with van der Waals surface area (Å²) in [4.78, 5) is 3.82. The summed E-state index contributed by atoms with van der Waals surface area (Å²) in [5, 5.41) is 9.23. The van der Waals surface area contributed by atoms with Crippen molar-refractivity contribution in [2.24, 2.45) is 0 Å². The van der Waals surface area contributed by atoms with Crippen molar-refractivity contribution in [3.8, 4) is 5.75 Å². The van der Waals surface area contributed by atoms with E-state index in [9.17, 15) is 0 Å². The monoisotopic (exact) mass is 187 g/mol. The van der Waals surface area contributed by atoms with Crippen molar-refractivity contribution in [3.05, 3.63) is 23.5 Å². The van der Waals surface area contributed by atoms with Crippen LogP contribution in [0, 0.1) is 0 Å². The van der Waals surface area contributed by atoms with Gasteiger partial charge < -0.3 is 9.84 Å². The maximum Gasteiger partial charge on any atom is 0.171 e. The number of hydrogen-bond acceptors (Lipinski definition) is 3. The predicted octanol–water partition coefficient (Wildman–Crippen LogP) is 1.49. The molecule has 1 atom stereocenters. The standard InChI is InChI=1S/C8H10ClNO2/c1-6(11)5-12-7-3-2-4-10-8(7)9/h2-4,6,11H,5H2,1H3. The lowest BCUT2D eigenvalue weighted by Crippen LogP contribution is -2.12. The zero-order valence-corrected chi connectivity index (χ0v) is 7.45. The zero-order valence-electron chi connectivity index (χ0n) is 6.70. The fourth-order valence-corrected chi connectivity index (χ4v) is 0.863. The van der Waals surface area contributed by atoms with Gasteiger partial charge in [-0.25, -0.2) is 4.98 Å². The second kappa shape index (κ2) is 4.28. The van der Waals surface area contributed by atoms with Gasteiger partial charge in [0, 0.05) is 6.20 Å².